The first-order chi connectivity index (χ1) is 11.6. The van der Waals surface area contributed by atoms with Gasteiger partial charge in [-0.25, -0.2) is 4.79 Å². The minimum absolute atomic E-state index is 0.122. The Morgan fingerprint density at radius 2 is 2.08 bits per heavy atom. The Kier molecular flexibility index (Phi) is 6.87. The van der Waals surface area contributed by atoms with Crippen molar-refractivity contribution in [2.45, 2.75) is 12.5 Å². The van der Waals surface area contributed by atoms with Crippen molar-refractivity contribution < 1.29 is 19.1 Å². The lowest BCUT2D eigenvalue weighted by molar-refractivity contribution is -0.145. The van der Waals surface area contributed by atoms with E-state index in [4.69, 9.17) is 9.47 Å². The molecule has 3 amide bonds. The molecular weight excluding hydrogens is 310 g/mol. The summed E-state index contributed by atoms with van der Waals surface area (Å²) < 4.78 is 11.0. The number of amides is 3. The molecule has 0 radical (unpaired) electrons. The van der Waals surface area contributed by atoms with E-state index in [2.05, 4.69) is 5.32 Å². The van der Waals surface area contributed by atoms with Crippen LogP contribution in [0.25, 0.3) is 0 Å². The van der Waals surface area contributed by atoms with Gasteiger partial charge in [0.25, 0.3) is 5.91 Å². The van der Waals surface area contributed by atoms with E-state index in [1.54, 1.807) is 19.0 Å². The summed E-state index contributed by atoms with van der Waals surface area (Å²) in [5, 5.41) is 2.85. The van der Waals surface area contributed by atoms with Crippen molar-refractivity contribution in [3.05, 3.63) is 30.3 Å². The number of likely N-dealkylation sites (N-methyl/N-ethyl adjacent to an activating group) is 1. The molecule has 2 rings (SSSR count). The van der Waals surface area contributed by atoms with Crippen molar-refractivity contribution in [3.8, 4) is 5.75 Å². The lowest BCUT2D eigenvalue weighted by Gasteiger charge is -2.33. The van der Waals surface area contributed by atoms with Crippen molar-refractivity contribution in [1.82, 2.24) is 15.1 Å². The quantitative estimate of drug-likeness (QED) is 0.786. The number of para-hydroxylation sites is 1. The summed E-state index contributed by atoms with van der Waals surface area (Å²) in [6.07, 6.45) is 0.131. The van der Waals surface area contributed by atoms with E-state index in [-0.39, 0.29) is 18.5 Å². The van der Waals surface area contributed by atoms with Crippen LogP contribution in [-0.2, 0) is 9.53 Å². The Morgan fingerprint density at radius 3 is 2.79 bits per heavy atom. The van der Waals surface area contributed by atoms with Gasteiger partial charge in [0, 0.05) is 27.2 Å². The average molecular weight is 335 g/mol. The number of nitrogens with zero attached hydrogens (tertiary/aromatic N) is 2. The minimum atomic E-state index is -0.582. The smallest absolute Gasteiger partial charge is 0.317 e. The monoisotopic (exact) mass is 335 g/mol. The van der Waals surface area contributed by atoms with Crippen molar-refractivity contribution >= 4 is 11.9 Å². The molecule has 1 atom stereocenters. The highest BCUT2D eigenvalue weighted by molar-refractivity contribution is 5.82. The Balaban J connectivity index is 1.65. The standard InChI is InChI=1S/C17H25N3O4/c1-19(2)16(21)15-13-20(10-12-24-15)17(22)18-9-6-11-23-14-7-4-3-5-8-14/h3-5,7-8,15H,6,9-13H2,1-2H3,(H,18,22)/t15-/m0/s1. The van der Waals surface area contributed by atoms with E-state index in [0.717, 1.165) is 5.75 Å². The topological polar surface area (TPSA) is 71.1 Å². The first kappa shape index (κ1) is 18.1. The lowest BCUT2D eigenvalue weighted by Crippen LogP contribution is -2.53. The maximum atomic E-state index is 12.2. The molecule has 0 bridgehead atoms. The van der Waals surface area contributed by atoms with E-state index in [0.29, 0.717) is 32.7 Å². The van der Waals surface area contributed by atoms with Crippen LogP contribution in [0.5, 0.6) is 5.75 Å². The SMILES string of the molecule is CN(C)C(=O)[C@@H]1CN(C(=O)NCCCOc2ccccc2)CCO1. The first-order valence-corrected chi connectivity index (χ1v) is 8.11. The van der Waals surface area contributed by atoms with Crippen LogP contribution in [-0.4, -0.2) is 74.8 Å². The molecule has 24 heavy (non-hydrogen) atoms. The Bertz CT molecular complexity index is 536. The zero-order valence-corrected chi connectivity index (χ0v) is 14.2. The molecule has 7 heteroatoms. The second-order valence-corrected chi connectivity index (χ2v) is 5.79. The molecule has 1 aromatic carbocycles. The molecule has 0 spiro atoms. The molecule has 1 N–H and O–H groups in total. The van der Waals surface area contributed by atoms with Gasteiger partial charge in [0.05, 0.1) is 19.8 Å². The van der Waals surface area contributed by atoms with Gasteiger partial charge < -0.3 is 24.6 Å². The summed E-state index contributed by atoms with van der Waals surface area (Å²) in [5.41, 5.74) is 0. The Labute approximate surface area is 142 Å². The summed E-state index contributed by atoms with van der Waals surface area (Å²) in [5.74, 6) is 0.700. The van der Waals surface area contributed by atoms with E-state index >= 15 is 0 Å². The number of hydrogen-bond acceptors (Lipinski definition) is 4. The summed E-state index contributed by atoms with van der Waals surface area (Å²) in [6.45, 7) is 2.20. The highest BCUT2D eigenvalue weighted by Crippen LogP contribution is 2.09. The van der Waals surface area contributed by atoms with Gasteiger partial charge in [0.2, 0.25) is 0 Å². The predicted molar refractivity (Wildman–Crippen MR) is 90.0 cm³/mol. The maximum Gasteiger partial charge on any atom is 0.317 e. The zero-order valence-electron chi connectivity index (χ0n) is 14.2. The maximum absolute atomic E-state index is 12.2. The largest absolute Gasteiger partial charge is 0.494 e. The number of morpholine rings is 1. The zero-order chi connectivity index (χ0) is 17.4. The van der Waals surface area contributed by atoms with Gasteiger partial charge >= 0.3 is 6.03 Å². The molecular formula is C17H25N3O4. The summed E-state index contributed by atoms with van der Waals surface area (Å²) >= 11 is 0. The van der Waals surface area contributed by atoms with Gasteiger partial charge in [0.1, 0.15) is 5.75 Å². The van der Waals surface area contributed by atoms with Crippen LogP contribution in [0.3, 0.4) is 0 Å². The van der Waals surface area contributed by atoms with E-state index in [1.807, 2.05) is 30.3 Å². The average Bonchev–Trinajstić information content (AvgIpc) is 2.61. The third kappa shape index (κ3) is 5.42. The summed E-state index contributed by atoms with van der Waals surface area (Å²) in [6, 6.07) is 9.39. The molecule has 0 aliphatic carbocycles. The highest BCUT2D eigenvalue weighted by atomic mass is 16.5. The second-order valence-electron chi connectivity index (χ2n) is 5.79. The predicted octanol–water partition coefficient (Wildman–Crippen LogP) is 0.954. The highest BCUT2D eigenvalue weighted by Gasteiger charge is 2.29. The molecule has 1 saturated heterocycles. The molecule has 7 nitrogen and oxygen atoms in total. The van der Waals surface area contributed by atoms with Crippen LogP contribution in [0.2, 0.25) is 0 Å². The molecule has 1 aliphatic heterocycles. The van der Waals surface area contributed by atoms with Crippen LogP contribution in [0.15, 0.2) is 30.3 Å². The molecule has 132 valence electrons. The minimum Gasteiger partial charge on any atom is -0.494 e. The molecule has 0 unspecified atom stereocenters. The van der Waals surface area contributed by atoms with Crippen molar-refractivity contribution in [2.75, 3.05) is 46.9 Å². The third-order valence-electron chi connectivity index (χ3n) is 3.68. The fourth-order valence-electron chi connectivity index (χ4n) is 2.36. The fourth-order valence-corrected chi connectivity index (χ4v) is 2.36. The molecule has 1 aromatic rings. The number of urea groups is 1. The number of carbonyl (C=O) groups excluding carboxylic acids is 2. The number of carbonyl (C=O) groups is 2. The number of benzene rings is 1. The number of nitrogens with one attached hydrogen (secondary N) is 1. The third-order valence-corrected chi connectivity index (χ3v) is 3.68. The van der Waals surface area contributed by atoms with Crippen molar-refractivity contribution in [2.24, 2.45) is 0 Å². The molecule has 1 fully saturated rings. The first-order valence-electron chi connectivity index (χ1n) is 8.11. The normalized spacial score (nSPS) is 17.2. The van der Waals surface area contributed by atoms with Gasteiger partial charge in [-0.15, -0.1) is 0 Å². The van der Waals surface area contributed by atoms with Crippen molar-refractivity contribution in [1.29, 1.82) is 0 Å². The second kappa shape index (κ2) is 9.12. The number of hydrogen-bond donors (Lipinski definition) is 1. The van der Waals surface area contributed by atoms with Gasteiger partial charge in [-0.1, -0.05) is 18.2 Å². The summed E-state index contributed by atoms with van der Waals surface area (Å²) in [4.78, 5) is 27.2. The van der Waals surface area contributed by atoms with Gasteiger partial charge in [-0.2, -0.15) is 0 Å². The Morgan fingerprint density at radius 1 is 1.33 bits per heavy atom. The number of ether oxygens (including phenoxy) is 2. The molecule has 0 saturated carbocycles. The molecule has 1 aliphatic rings. The van der Waals surface area contributed by atoms with E-state index in [9.17, 15) is 9.59 Å². The van der Waals surface area contributed by atoms with E-state index < -0.39 is 6.10 Å². The van der Waals surface area contributed by atoms with Gasteiger partial charge in [0.15, 0.2) is 6.10 Å². The Hall–Kier alpha value is -2.28. The van der Waals surface area contributed by atoms with Gasteiger partial charge in [-0.3, -0.25) is 4.79 Å². The van der Waals surface area contributed by atoms with Crippen LogP contribution in [0, 0.1) is 0 Å². The van der Waals surface area contributed by atoms with Crippen LogP contribution < -0.4 is 10.1 Å². The molecule has 1 heterocycles. The summed E-state index contributed by atoms with van der Waals surface area (Å²) in [7, 11) is 3.36. The van der Waals surface area contributed by atoms with Crippen LogP contribution >= 0.6 is 0 Å². The van der Waals surface area contributed by atoms with E-state index in [1.165, 1.54) is 4.90 Å². The number of rotatable bonds is 6. The lowest BCUT2D eigenvalue weighted by atomic mass is 10.2. The fraction of sp³-hybridized carbons (Fsp3) is 0.529. The van der Waals surface area contributed by atoms with Crippen LogP contribution in [0.1, 0.15) is 6.42 Å². The molecule has 0 aromatic heterocycles. The van der Waals surface area contributed by atoms with Crippen LogP contribution in [0.4, 0.5) is 4.79 Å². The van der Waals surface area contributed by atoms with Crippen molar-refractivity contribution in [3.63, 3.8) is 0 Å². The van der Waals surface area contributed by atoms with Gasteiger partial charge in [-0.05, 0) is 18.6 Å².